The maximum Gasteiger partial charge on any atom is 0.339 e. The molecule has 0 fully saturated rings. The van der Waals surface area contributed by atoms with Crippen molar-refractivity contribution < 1.29 is 18.8 Å². The van der Waals surface area contributed by atoms with E-state index in [1.807, 2.05) is 45.0 Å². The molecule has 0 spiro atoms. The van der Waals surface area contributed by atoms with Crippen molar-refractivity contribution in [1.29, 1.82) is 5.26 Å². The molecule has 8 nitrogen and oxygen atoms in total. The Labute approximate surface area is 186 Å². The summed E-state index contributed by atoms with van der Waals surface area (Å²) in [6.07, 6.45) is -1.11. The first-order valence-corrected chi connectivity index (χ1v) is 10.3. The summed E-state index contributed by atoms with van der Waals surface area (Å²) in [5.41, 5.74) is 2.24. The maximum atomic E-state index is 13.1. The first-order valence-electron chi connectivity index (χ1n) is 10.3. The third kappa shape index (κ3) is 4.47. The summed E-state index contributed by atoms with van der Waals surface area (Å²) in [6, 6.07) is 11.4. The van der Waals surface area contributed by atoms with Gasteiger partial charge in [-0.3, -0.25) is 4.79 Å². The smallest absolute Gasteiger partial charge is 0.339 e. The van der Waals surface area contributed by atoms with Crippen molar-refractivity contribution in [3.63, 3.8) is 0 Å². The van der Waals surface area contributed by atoms with Crippen LogP contribution >= 0.6 is 0 Å². The molecule has 0 saturated carbocycles. The molecule has 2 heterocycles. The number of rotatable bonds is 6. The number of nitrogens with zero attached hydrogens (tertiary/aromatic N) is 3. The van der Waals surface area contributed by atoms with Crippen LogP contribution in [0.1, 0.15) is 49.3 Å². The second-order valence-electron chi connectivity index (χ2n) is 8.37. The number of amides is 1. The zero-order valence-electron chi connectivity index (χ0n) is 19.0. The molecule has 32 heavy (non-hydrogen) atoms. The van der Waals surface area contributed by atoms with E-state index < -0.39 is 23.5 Å². The van der Waals surface area contributed by atoms with Gasteiger partial charge < -0.3 is 14.6 Å². The average Bonchev–Trinajstić information content (AvgIpc) is 3.14. The Hall–Kier alpha value is -3.73. The van der Waals surface area contributed by atoms with Gasteiger partial charge in [0.2, 0.25) is 0 Å². The zero-order valence-corrected chi connectivity index (χ0v) is 19.0. The number of aromatic nitrogens is 2. The fraction of sp³-hybridized carbons (Fsp3) is 0.375. The van der Waals surface area contributed by atoms with Gasteiger partial charge in [-0.15, -0.1) is 0 Å². The van der Waals surface area contributed by atoms with E-state index in [0.29, 0.717) is 16.8 Å². The van der Waals surface area contributed by atoms with Crippen molar-refractivity contribution in [3.05, 3.63) is 47.2 Å². The Bertz CT molecular complexity index is 1210. The highest BCUT2D eigenvalue weighted by Gasteiger charge is 2.33. The van der Waals surface area contributed by atoms with Gasteiger partial charge in [-0.2, -0.15) is 5.26 Å². The van der Waals surface area contributed by atoms with Crippen molar-refractivity contribution in [3.8, 4) is 17.3 Å². The Morgan fingerprint density at radius 2 is 1.84 bits per heavy atom. The van der Waals surface area contributed by atoms with E-state index in [2.05, 4.69) is 21.5 Å². The molecule has 1 aromatic carbocycles. The minimum absolute atomic E-state index is 0.129. The molecule has 3 aromatic rings. The minimum Gasteiger partial charge on any atom is -0.449 e. The summed E-state index contributed by atoms with van der Waals surface area (Å²) in [6.45, 7) is 10.4. The summed E-state index contributed by atoms with van der Waals surface area (Å²) in [5.74, 6) is -1.39. The van der Waals surface area contributed by atoms with Crippen molar-refractivity contribution in [2.75, 3.05) is 0 Å². The Balaban J connectivity index is 1.92. The molecular formula is C24H26N4O4. The van der Waals surface area contributed by atoms with Crippen LogP contribution < -0.4 is 5.32 Å². The van der Waals surface area contributed by atoms with Crippen molar-refractivity contribution in [2.45, 2.75) is 53.2 Å². The van der Waals surface area contributed by atoms with E-state index >= 15 is 0 Å². The second kappa shape index (κ2) is 8.79. The molecule has 0 radical (unpaired) electrons. The highest BCUT2D eigenvalue weighted by molar-refractivity contribution is 6.05. The van der Waals surface area contributed by atoms with Crippen LogP contribution in [0.5, 0.6) is 0 Å². The standard InChI is InChI=1S/C24H26N4O4/c1-13(2)24(6,12-25)27-21(29)16(5)31-23(30)18-11-19(17-9-7-14(3)8-10-17)26-22-20(18)15(4)28-32-22/h7-11,13,16H,1-6H3,(H,27,29). The summed E-state index contributed by atoms with van der Waals surface area (Å²) in [7, 11) is 0. The van der Waals surface area contributed by atoms with Gasteiger partial charge in [0.1, 0.15) is 5.54 Å². The van der Waals surface area contributed by atoms with Crippen LogP contribution in [0.2, 0.25) is 0 Å². The second-order valence-corrected chi connectivity index (χ2v) is 8.37. The van der Waals surface area contributed by atoms with Crippen LogP contribution in [-0.2, 0) is 9.53 Å². The molecule has 166 valence electrons. The monoisotopic (exact) mass is 434 g/mol. The molecule has 8 heteroatoms. The summed E-state index contributed by atoms with van der Waals surface area (Å²) in [4.78, 5) is 30.2. The third-order valence-electron chi connectivity index (χ3n) is 5.61. The maximum absolute atomic E-state index is 13.1. The van der Waals surface area contributed by atoms with Crippen LogP contribution in [-0.4, -0.2) is 33.7 Å². The lowest BCUT2D eigenvalue weighted by atomic mass is 9.90. The number of aryl methyl sites for hydroxylation is 2. The van der Waals surface area contributed by atoms with Crippen LogP contribution in [0.15, 0.2) is 34.9 Å². The molecule has 0 aliphatic rings. The number of pyridine rings is 1. The van der Waals surface area contributed by atoms with Crippen LogP contribution in [0, 0.1) is 31.1 Å². The zero-order chi connectivity index (χ0) is 23.6. The molecule has 2 aromatic heterocycles. The summed E-state index contributed by atoms with van der Waals surface area (Å²) < 4.78 is 10.8. The molecule has 0 bridgehead atoms. The Kier molecular flexibility index (Phi) is 6.30. The van der Waals surface area contributed by atoms with E-state index in [9.17, 15) is 14.9 Å². The molecular weight excluding hydrogens is 408 g/mol. The van der Waals surface area contributed by atoms with Crippen LogP contribution in [0.25, 0.3) is 22.4 Å². The van der Waals surface area contributed by atoms with Crippen LogP contribution in [0.4, 0.5) is 0 Å². The lowest BCUT2D eigenvalue weighted by Crippen LogP contribution is -2.52. The molecule has 0 aliphatic carbocycles. The predicted octanol–water partition coefficient (Wildman–Crippen LogP) is 4.11. The minimum atomic E-state index is -1.11. The van der Waals surface area contributed by atoms with E-state index in [-0.39, 0.29) is 17.2 Å². The van der Waals surface area contributed by atoms with Gasteiger partial charge in [0.25, 0.3) is 11.6 Å². The van der Waals surface area contributed by atoms with Gasteiger partial charge in [-0.25, -0.2) is 9.78 Å². The van der Waals surface area contributed by atoms with Crippen molar-refractivity contribution >= 4 is 23.0 Å². The topological polar surface area (TPSA) is 118 Å². The number of nitriles is 1. The largest absolute Gasteiger partial charge is 0.449 e. The highest BCUT2D eigenvalue weighted by Crippen LogP contribution is 2.28. The van der Waals surface area contributed by atoms with Gasteiger partial charge in [0.15, 0.2) is 6.10 Å². The molecule has 1 N–H and O–H groups in total. The van der Waals surface area contributed by atoms with Crippen LogP contribution in [0.3, 0.4) is 0 Å². The number of benzene rings is 1. The van der Waals surface area contributed by atoms with E-state index in [4.69, 9.17) is 9.26 Å². The lowest BCUT2D eigenvalue weighted by Gasteiger charge is -2.28. The van der Waals surface area contributed by atoms with Gasteiger partial charge in [0, 0.05) is 5.56 Å². The Morgan fingerprint density at radius 3 is 2.44 bits per heavy atom. The third-order valence-corrected chi connectivity index (χ3v) is 5.61. The Morgan fingerprint density at radius 1 is 1.19 bits per heavy atom. The van der Waals surface area contributed by atoms with Gasteiger partial charge in [0.05, 0.1) is 28.4 Å². The number of hydrogen-bond acceptors (Lipinski definition) is 7. The number of hydrogen-bond donors (Lipinski definition) is 1. The van der Waals surface area contributed by atoms with Gasteiger partial charge in [-0.1, -0.05) is 48.8 Å². The number of carbonyl (C=O) groups excluding carboxylic acids is 2. The SMILES string of the molecule is Cc1ccc(-c2cc(C(=O)OC(C)C(=O)NC(C)(C#N)C(C)C)c3c(C)noc3n2)cc1. The number of fused-ring (bicyclic) bond motifs is 1. The first kappa shape index (κ1) is 22.9. The normalized spacial score (nSPS) is 13.9. The van der Waals surface area contributed by atoms with Gasteiger partial charge >= 0.3 is 5.97 Å². The first-order chi connectivity index (χ1) is 15.1. The number of nitrogens with one attached hydrogen (secondary N) is 1. The molecule has 0 aliphatic heterocycles. The van der Waals surface area contributed by atoms with E-state index in [0.717, 1.165) is 11.1 Å². The number of carbonyl (C=O) groups is 2. The summed E-state index contributed by atoms with van der Waals surface area (Å²) in [5, 5.41) is 16.4. The number of ether oxygens (including phenoxy) is 1. The van der Waals surface area contributed by atoms with Crippen molar-refractivity contribution in [1.82, 2.24) is 15.5 Å². The highest BCUT2D eigenvalue weighted by atomic mass is 16.5. The molecule has 0 saturated heterocycles. The molecule has 1 amide bonds. The summed E-state index contributed by atoms with van der Waals surface area (Å²) >= 11 is 0. The fourth-order valence-corrected chi connectivity index (χ4v) is 3.06. The molecule has 3 rings (SSSR count). The van der Waals surface area contributed by atoms with Gasteiger partial charge in [-0.05, 0) is 39.7 Å². The average molecular weight is 434 g/mol. The van der Waals surface area contributed by atoms with E-state index in [1.165, 1.54) is 6.92 Å². The molecule has 2 unspecified atom stereocenters. The predicted molar refractivity (Wildman–Crippen MR) is 119 cm³/mol. The van der Waals surface area contributed by atoms with E-state index in [1.54, 1.807) is 19.9 Å². The van der Waals surface area contributed by atoms with Crippen molar-refractivity contribution in [2.24, 2.45) is 5.92 Å². The number of esters is 1. The molecule has 2 atom stereocenters. The fourth-order valence-electron chi connectivity index (χ4n) is 3.06. The lowest BCUT2D eigenvalue weighted by molar-refractivity contribution is -0.130. The quantitative estimate of drug-likeness (QED) is 0.580.